The van der Waals surface area contributed by atoms with Gasteiger partial charge in [0, 0.05) is 17.2 Å². The highest BCUT2D eigenvalue weighted by Crippen LogP contribution is 2.17. The van der Waals surface area contributed by atoms with Gasteiger partial charge in [-0.1, -0.05) is 43.9 Å². The largest absolute Gasteiger partial charge is 0.384 e. The molecule has 2 N–H and O–H groups in total. The van der Waals surface area contributed by atoms with Crippen molar-refractivity contribution in [1.29, 1.82) is 0 Å². The summed E-state index contributed by atoms with van der Waals surface area (Å²) in [5.41, 5.74) is 1.48. The second-order valence-electron chi connectivity index (χ2n) is 5.55. The summed E-state index contributed by atoms with van der Waals surface area (Å²) in [7, 11) is 0. The van der Waals surface area contributed by atoms with Crippen molar-refractivity contribution in [1.82, 2.24) is 5.32 Å². The molecule has 3 heteroatoms. The predicted octanol–water partition coefficient (Wildman–Crippen LogP) is 2.87. The zero-order chi connectivity index (χ0) is 14.9. The van der Waals surface area contributed by atoms with Crippen LogP contribution >= 0.6 is 0 Å². The standard InChI is InChI=1S/C18H23NO2/c20-14-6-7-15-10-12-16(13-11-15)18(21)19-17-8-4-2-1-3-5-9-17/h10-13,17,20H,1-5,8-9,14H2,(H,19,21). The topological polar surface area (TPSA) is 49.3 Å². The molecule has 3 nitrogen and oxygen atoms in total. The summed E-state index contributed by atoms with van der Waals surface area (Å²) in [6.45, 7) is -0.149. The number of rotatable bonds is 2. The normalized spacial score (nSPS) is 16.2. The zero-order valence-electron chi connectivity index (χ0n) is 12.4. The lowest BCUT2D eigenvalue weighted by Gasteiger charge is -2.21. The first-order valence-corrected chi connectivity index (χ1v) is 7.80. The third kappa shape index (κ3) is 5.24. The smallest absolute Gasteiger partial charge is 0.251 e. The van der Waals surface area contributed by atoms with E-state index in [1.54, 1.807) is 12.1 Å². The highest BCUT2D eigenvalue weighted by Gasteiger charge is 2.14. The van der Waals surface area contributed by atoms with Crippen LogP contribution in [0.1, 0.15) is 60.9 Å². The van der Waals surface area contributed by atoms with Crippen LogP contribution in [-0.4, -0.2) is 23.7 Å². The average molecular weight is 285 g/mol. The number of hydrogen-bond acceptors (Lipinski definition) is 2. The lowest BCUT2D eigenvalue weighted by Crippen LogP contribution is -2.35. The molecule has 1 amide bonds. The Hall–Kier alpha value is -1.79. The number of hydrogen-bond donors (Lipinski definition) is 2. The van der Waals surface area contributed by atoms with Crippen molar-refractivity contribution in [2.75, 3.05) is 6.61 Å². The molecule has 1 aromatic carbocycles. The van der Waals surface area contributed by atoms with Crippen molar-refractivity contribution >= 4 is 5.91 Å². The average Bonchev–Trinajstić information content (AvgIpc) is 2.48. The molecule has 1 aliphatic carbocycles. The van der Waals surface area contributed by atoms with Gasteiger partial charge in [0.1, 0.15) is 6.61 Å². The minimum atomic E-state index is -0.149. The van der Waals surface area contributed by atoms with Crippen molar-refractivity contribution in [3.05, 3.63) is 35.4 Å². The Balaban J connectivity index is 1.92. The Bertz CT molecular complexity index is 502. The Morgan fingerprint density at radius 2 is 1.71 bits per heavy atom. The Morgan fingerprint density at radius 1 is 1.10 bits per heavy atom. The number of aliphatic hydroxyl groups is 1. The van der Waals surface area contributed by atoms with Gasteiger partial charge in [0.05, 0.1) is 0 Å². The van der Waals surface area contributed by atoms with Crippen LogP contribution in [0.2, 0.25) is 0 Å². The summed E-state index contributed by atoms with van der Waals surface area (Å²) in [5, 5.41) is 11.8. The number of aliphatic hydroxyl groups excluding tert-OH is 1. The summed E-state index contributed by atoms with van der Waals surface area (Å²) in [6.07, 6.45) is 8.49. The van der Waals surface area contributed by atoms with E-state index in [0.29, 0.717) is 11.6 Å². The molecule has 0 heterocycles. The second kappa shape index (κ2) is 8.49. The quantitative estimate of drug-likeness (QED) is 0.821. The van der Waals surface area contributed by atoms with Crippen LogP contribution in [0.5, 0.6) is 0 Å². The molecule has 0 saturated heterocycles. The fourth-order valence-corrected chi connectivity index (χ4v) is 2.72. The van der Waals surface area contributed by atoms with E-state index in [1.165, 1.54) is 32.1 Å². The van der Waals surface area contributed by atoms with Crippen molar-refractivity contribution in [3.63, 3.8) is 0 Å². The molecule has 112 valence electrons. The van der Waals surface area contributed by atoms with Crippen molar-refractivity contribution in [3.8, 4) is 11.8 Å². The summed E-state index contributed by atoms with van der Waals surface area (Å²) < 4.78 is 0. The van der Waals surface area contributed by atoms with Crippen LogP contribution in [0.3, 0.4) is 0 Å². The van der Waals surface area contributed by atoms with E-state index >= 15 is 0 Å². The fraction of sp³-hybridized carbons (Fsp3) is 0.500. The number of amides is 1. The zero-order valence-corrected chi connectivity index (χ0v) is 12.4. The van der Waals surface area contributed by atoms with Crippen LogP contribution in [0, 0.1) is 11.8 Å². The molecule has 0 radical (unpaired) electrons. The molecule has 0 aliphatic heterocycles. The lowest BCUT2D eigenvalue weighted by molar-refractivity contribution is 0.0930. The summed E-state index contributed by atoms with van der Waals surface area (Å²) in [6, 6.07) is 7.52. The molecule has 1 aromatic rings. The maximum atomic E-state index is 12.2. The van der Waals surface area contributed by atoms with Crippen LogP contribution in [-0.2, 0) is 0 Å². The van der Waals surface area contributed by atoms with Gasteiger partial charge in [0.15, 0.2) is 0 Å². The van der Waals surface area contributed by atoms with Gasteiger partial charge in [-0.2, -0.15) is 0 Å². The molecule has 0 atom stereocenters. The summed E-state index contributed by atoms with van der Waals surface area (Å²) in [4.78, 5) is 12.2. The second-order valence-corrected chi connectivity index (χ2v) is 5.55. The minimum absolute atomic E-state index is 0.00207. The van der Waals surface area contributed by atoms with E-state index in [0.717, 1.165) is 18.4 Å². The Labute approximate surface area is 126 Å². The van der Waals surface area contributed by atoms with Gasteiger partial charge in [-0.15, -0.1) is 0 Å². The van der Waals surface area contributed by atoms with E-state index in [2.05, 4.69) is 17.2 Å². The molecule has 2 rings (SSSR count). The van der Waals surface area contributed by atoms with Gasteiger partial charge in [0.25, 0.3) is 5.91 Å². The highest BCUT2D eigenvalue weighted by molar-refractivity contribution is 5.94. The van der Waals surface area contributed by atoms with Gasteiger partial charge in [-0.3, -0.25) is 4.79 Å². The summed E-state index contributed by atoms with van der Waals surface area (Å²) in [5.74, 6) is 5.42. The van der Waals surface area contributed by atoms with E-state index in [9.17, 15) is 4.79 Å². The van der Waals surface area contributed by atoms with E-state index < -0.39 is 0 Å². The third-order valence-corrected chi connectivity index (χ3v) is 3.90. The first kappa shape index (κ1) is 15.6. The van der Waals surface area contributed by atoms with E-state index in [-0.39, 0.29) is 12.5 Å². The molecule has 0 spiro atoms. The van der Waals surface area contributed by atoms with Gasteiger partial charge in [-0.25, -0.2) is 0 Å². The Morgan fingerprint density at radius 3 is 2.33 bits per heavy atom. The van der Waals surface area contributed by atoms with Crippen LogP contribution in [0.15, 0.2) is 24.3 Å². The van der Waals surface area contributed by atoms with Crippen LogP contribution in [0.4, 0.5) is 0 Å². The van der Waals surface area contributed by atoms with Crippen LogP contribution in [0.25, 0.3) is 0 Å². The highest BCUT2D eigenvalue weighted by atomic mass is 16.2. The maximum Gasteiger partial charge on any atom is 0.251 e. The number of benzene rings is 1. The third-order valence-electron chi connectivity index (χ3n) is 3.90. The molecular weight excluding hydrogens is 262 g/mol. The molecule has 0 aromatic heterocycles. The van der Waals surface area contributed by atoms with Crippen molar-refractivity contribution < 1.29 is 9.90 Å². The van der Waals surface area contributed by atoms with E-state index in [1.807, 2.05) is 12.1 Å². The van der Waals surface area contributed by atoms with Crippen LogP contribution < -0.4 is 5.32 Å². The molecule has 1 aliphatic rings. The number of nitrogens with one attached hydrogen (secondary N) is 1. The maximum absolute atomic E-state index is 12.2. The van der Waals surface area contributed by atoms with Gasteiger partial charge in [0.2, 0.25) is 0 Å². The predicted molar refractivity (Wildman–Crippen MR) is 84.0 cm³/mol. The summed E-state index contributed by atoms with van der Waals surface area (Å²) >= 11 is 0. The molecule has 1 fully saturated rings. The number of carbonyl (C=O) groups is 1. The van der Waals surface area contributed by atoms with E-state index in [4.69, 9.17) is 5.11 Å². The lowest BCUT2D eigenvalue weighted by atomic mass is 9.96. The Kier molecular flexibility index (Phi) is 6.30. The first-order valence-electron chi connectivity index (χ1n) is 7.80. The van der Waals surface area contributed by atoms with Crippen molar-refractivity contribution in [2.24, 2.45) is 0 Å². The minimum Gasteiger partial charge on any atom is -0.384 e. The molecule has 1 saturated carbocycles. The SMILES string of the molecule is O=C(NC1CCCCCCC1)c1ccc(C#CCO)cc1. The fourth-order valence-electron chi connectivity index (χ4n) is 2.72. The first-order chi connectivity index (χ1) is 10.3. The van der Waals surface area contributed by atoms with Gasteiger partial charge >= 0.3 is 0 Å². The monoisotopic (exact) mass is 285 g/mol. The van der Waals surface area contributed by atoms with Crippen molar-refractivity contribution in [2.45, 2.75) is 51.0 Å². The molecule has 21 heavy (non-hydrogen) atoms. The molecular formula is C18H23NO2. The number of carbonyl (C=O) groups excluding carboxylic acids is 1. The molecule has 0 unspecified atom stereocenters. The molecule has 0 bridgehead atoms. The van der Waals surface area contributed by atoms with Gasteiger partial charge < -0.3 is 10.4 Å². The van der Waals surface area contributed by atoms with Gasteiger partial charge in [-0.05, 0) is 37.1 Å².